The van der Waals surface area contributed by atoms with Gasteiger partial charge in [0.2, 0.25) is 0 Å². The fourth-order valence-electron chi connectivity index (χ4n) is 5.88. The molecule has 0 amide bonds. The van der Waals surface area contributed by atoms with Crippen molar-refractivity contribution < 1.29 is 42.5 Å². The third-order valence-corrected chi connectivity index (χ3v) is 8.08. The van der Waals surface area contributed by atoms with E-state index in [4.69, 9.17) is 26.0 Å². The Balaban J connectivity index is 1.55. The molecule has 0 aliphatic heterocycles. The van der Waals surface area contributed by atoms with Crippen LogP contribution in [0.1, 0.15) is 42.5 Å². The van der Waals surface area contributed by atoms with Crippen molar-refractivity contribution in [3.8, 4) is 44.5 Å². The first-order valence-electron chi connectivity index (χ1n) is 30.3. The molecule has 0 aliphatic rings. The molecule has 0 N–H and O–H groups in total. The van der Waals surface area contributed by atoms with E-state index in [0.29, 0.717) is 0 Å². The lowest BCUT2D eigenvalue weighted by Gasteiger charge is -2.20. The van der Waals surface area contributed by atoms with Gasteiger partial charge in [-0.25, -0.2) is 0 Å². The Morgan fingerprint density at radius 1 is 0.260 bits per heavy atom. The average molecular weight is 664 g/mol. The zero-order valence-electron chi connectivity index (χ0n) is 56.1. The van der Waals surface area contributed by atoms with Crippen molar-refractivity contribution in [1.82, 2.24) is 0 Å². The molecule has 0 unspecified atom stereocenters. The third-order valence-electron chi connectivity index (χ3n) is 8.08. The molecule has 50 heavy (non-hydrogen) atoms. The van der Waals surface area contributed by atoms with E-state index in [9.17, 15) is 16.4 Å². The van der Waals surface area contributed by atoms with E-state index < -0.39 is 286 Å². The van der Waals surface area contributed by atoms with Crippen molar-refractivity contribution in [3.63, 3.8) is 0 Å². The summed E-state index contributed by atoms with van der Waals surface area (Å²) in [6, 6.07) is -29.1. The molecule has 0 bridgehead atoms. The molecule has 0 nitrogen and oxygen atoms in total. The van der Waals surface area contributed by atoms with E-state index >= 15 is 0 Å². The topological polar surface area (TPSA) is 0 Å². The molecule has 232 valence electrons. The van der Waals surface area contributed by atoms with Gasteiger partial charge in [0, 0.05) is 0 Å². The van der Waals surface area contributed by atoms with Crippen molar-refractivity contribution in [2.45, 2.75) is 0 Å². The largest absolute Gasteiger partial charge is 0.0636 e. The standard InChI is InChI=1S/C50H32/c1-2-14-38-31-39(28-23-33(38)11-1)40-29-30-47-48(32-40)49(37-26-24-36(25-27-37)42-21-9-15-34-12-3-5-17-41(34)42)45-19-7-8-20-46(45)50(47)44-22-10-16-35-13-4-6-18-43(35)44/h1-32H/i1D,2D,3D,4D,5D,6D,7D,8D,9D,10D,11D,12D,13D,14D,15D,16D,17D,18D,19D,20D,21D,22D,23D,24D,25D,26D,27D,29D,30D,31D,32D. The molecule has 10 rings (SSSR count). The predicted octanol–water partition coefficient (Wildman–Crippen LogP) is 14.1. The van der Waals surface area contributed by atoms with Crippen LogP contribution in [0.2, 0.25) is 0 Å². The van der Waals surface area contributed by atoms with Crippen LogP contribution in [0.25, 0.3) is 98.4 Å². The predicted molar refractivity (Wildman–Crippen MR) is 216 cm³/mol. The maximum absolute atomic E-state index is 10.2. The van der Waals surface area contributed by atoms with E-state index in [1.54, 1.807) is 0 Å². The van der Waals surface area contributed by atoms with Gasteiger partial charge in [-0.05, 0) is 110 Å². The van der Waals surface area contributed by atoms with Crippen molar-refractivity contribution >= 4 is 53.9 Å². The monoisotopic (exact) mass is 663 g/mol. The smallest absolute Gasteiger partial charge is 0.0616 e. The van der Waals surface area contributed by atoms with Crippen LogP contribution < -0.4 is 0 Å². The molecule has 0 aliphatic carbocycles. The van der Waals surface area contributed by atoms with Crippen LogP contribution in [0.15, 0.2) is 193 Å². The minimum Gasteiger partial charge on any atom is -0.0616 e. The van der Waals surface area contributed by atoms with Crippen molar-refractivity contribution in [3.05, 3.63) is 193 Å². The van der Waals surface area contributed by atoms with Crippen LogP contribution >= 0.6 is 0 Å². The fraction of sp³-hybridized carbons (Fsp3) is 0. The van der Waals surface area contributed by atoms with Gasteiger partial charge in [-0.15, -0.1) is 0 Å². The van der Waals surface area contributed by atoms with E-state index in [1.165, 1.54) is 0 Å². The lowest BCUT2D eigenvalue weighted by Crippen LogP contribution is -1.93. The van der Waals surface area contributed by atoms with E-state index in [1.807, 2.05) is 0 Å². The molecule has 0 spiro atoms. The SMILES string of the molecule is [2H]c1c([2H])c(-c2c3c([2H])c([2H])c([2H])c([2H])c3c(-c3c([2H])c([2H])c([2H])c4c([2H])c([2H])c([2H])c([2H])c34)c3c([2H])c([2H])c(-c4cc([2H])c5c([2H])c([2H])c([2H])c([2H])c5c4[2H])c([2H])c23)c([2H])c([2H])c1-c1c([2H])c([2H])c([2H])c2c([2H])c([2H])c([2H])c([2H])c12. The molecule has 0 saturated carbocycles. The van der Waals surface area contributed by atoms with Crippen molar-refractivity contribution in [2.24, 2.45) is 0 Å². The second kappa shape index (κ2) is 11.6. The van der Waals surface area contributed by atoms with Gasteiger partial charge in [-0.2, -0.15) is 0 Å². The van der Waals surface area contributed by atoms with E-state index in [2.05, 4.69) is 0 Å². The molecule has 0 heteroatoms. The zero-order valence-corrected chi connectivity index (χ0v) is 25.1. The molecular weight excluding hydrogens is 601 g/mol. The molecule has 10 aromatic carbocycles. The average Bonchev–Trinajstić information content (AvgIpc) is 3.63. The van der Waals surface area contributed by atoms with Gasteiger partial charge < -0.3 is 0 Å². The Morgan fingerprint density at radius 2 is 0.760 bits per heavy atom. The van der Waals surface area contributed by atoms with Crippen LogP contribution in [0, 0.1) is 0 Å². The lowest BCUT2D eigenvalue weighted by molar-refractivity contribution is 1.63. The highest BCUT2D eigenvalue weighted by Crippen LogP contribution is 2.46. The summed E-state index contributed by atoms with van der Waals surface area (Å²) in [5.74, 6) is 0. The zero-order chi connectivity index (χ0) is 60.0. The van der Waals surface area contributed by atoms with Gasteiger partial charge in [0.25, 0.3) is 0 Å². The summed E-state index contributed by atoms with van der Waals surface area (Å²) in [5, 5.41) is -7.13. The Hall–Kier alpha value is -6.50. The first-order chi connectivity index (χ1) is 37.7. The maximum Gasteiger partial charge on any atom is 0.0636 e. The Bertz CT molecular complexity index is 4650. The first kappa shape index (κ1) is 11.3. The molecule has 0 radical (unpaired) electrons. The number of fused-ring (bicyclic) bond motifs is 5. The van der Waals surface area contributed by atoms with Gasteiger partial charge >= 0.3 is 0 Å². The number of benzene rings is 10. The molecule has 0 saturated heterocycles. The number of hydrogen-bond acceptors (Lipinski definition) is 0. The van der Waals surface area contributed by atoms with Gasteiger partial charge in [-0.1, -0.05) is 181 Å². The highest BCUT2D eigenvalue weighted by molar-refractivity contribution is 6.24. The van der Waals surface area contributed by atoms with Crippen molar-refractivity contribution in [2.75, 3.05) is 0 Å². The maximum atomic E-state index is 10.2. The van der Waals surface area contributed by atoms with Gasteiger partial charge in [-0.3, -0.25) is 0 Å². The highest BCUT2D eigenvalue weighted by Gasteiger charge is 2.19. The second-order valence-electron chi connectivity index (χ2n) is 10.8. The van der Waals surface area contributed by atoms with Gasteiger partial charge in [0.15, 0.2) is 0 Å². The summed E-state index contributed by atoms with van der Waals surface area (Å²) >= 11 is 0. The van der Waals surface area contributed by atoms with Gasteiger partial charge in [0.05, 0.1) is 42.5 Å². The Morgan fingerprint density at radius 3 is 1.48 bits per heavy atom. The lowest BCUT2D eigenvalue weighted by atomic mass is 9.83. The van der Waals surface area contributed by atoms with Crippen LogP contribution in [0.3, 0.4) is 0 Å². The normalized spacial score (nSPS) is 20.3. The minimum atomic E-state index is -1.19. The number of rotatable bonds is 4. The third kappa shape index (κ3) is 4.61. The van der Waals surface area contributed by atoms with Crippen molar-refractivity contribution in [1.29, 1.82) is 0 Å². The molecule has 0 aromatic heterocycles. The van der Waals surface area contributed by atoms with Crippen LogP contribution in [-0.4, -0.2) is 0 Å². The Kier molecular flexibility index (Phi) is 2.61. The summed E-state index contributed by atoms with van der Waals surface area (Å²) in [7, 11) is 0. The molecule has 0 fully saturated rings. The summed E-state index contributed by atoms with van der Waals surface area (Å²) in [6.07, 6.45) is 0. The highest BCUT2D eigenvalue weighted by atomic mass is 14.2. The quantitative estimate of drug-likeness (QED) is 0.164. The minimum absolute atomic E-state index is 0.467. The molecule has 10 aromatic rings. The van der Waals surface area contributed by atoms with Crippen LogP contribution in [0.5, 0.6) is 0 Å². The van der Waals surface area contributed by atoms with Crippen LogP contribution in [0.4, 0.5) is 0 Å². The van der Waals surface area contributed by atoms with E-state index in [-0.39, 0.29) is 0 Å². The molecular formula is C50H32. The number of hydrogen-bond donors (Lipinski definition) is 0. The summed E-state index contributed by atoms with van der Waals surface area (Å²) < 4.78 is 281. The molecule has 0 heterocycles. The molecule has 0 atom stereocenters. The second-order valence-corrected chi connectivity index (χ2v) is 10.8. The Labute approximate surface area is 335 Å². The first-order valence-corrected chi connectivity index (χ1v) is 14.8. The fourth-order valence-corrected chi connectivity index (χ4v) is 5.88. The summed E-state index contributed by atoms with van der Waals surface area (Å²) in [6.45, 7) is 0. The van der Waals surface area contributed by atoms with Crippen LogP contribution in [-0.2, 0) is 0 Å². The van der Waals surface area contributed by atoms with E-state index in [0.717, 1.165) is 6.07 Å². The summed E-state index contributed by atoms with van der Waals surface area (Å²) in [5.41, 5.74) is -6.53. The van der Waals surface area contributed by atoms with Gasteiger partial charge in [0.1, 0.15) is 0 Å². The summed E-state index contributed by atoms with van der Waals surface area (Å²) in [4.78, 5) is 0.